The van der Waals surface area contributed by atoms with Gasteiger partial charge in [0.05, 0.1) is 11.5 Å². The molecule has 2 atom stereocenters. The molecule has 0 aliphatic heterocycles. The summed E-state index contributed by atoms with van der Waals surface area (Å²) < 4.78 is 13.7. The maximum Gasteiger partial charge on any atom is 0.321 e. The molecule has 3 rings (SSSR count). The molecule has 1 aliphatic carbocycles. The summed E-state index contributed by atoms with van der Waals surface area (Å²) in [7, 11) is 0. The summed E-state index contributed by atoms with van der Waals surface area (Å²) >= 11 is 1.36. The molecule has 0 saturated heterocycles. The second-order valence-corrected chi connectivity index (χ2v) is 7.72. The highest BCUT2D eigenvalue weighted by Gasteiger charge is 2.32. The van der Waals surface area contributed by atoms with E-state index in [0.29, 0.717) is 18.1 Å². The maximum absolute atomic E-state index is 13.7. The van der Waals surface area contributed by atoms with Crippen molar-refractivity contribution in [2.45, 2.75) is 26.7 Å². The summed E-state index contributed by atoms with van der Waals surface area (Å²) in [6.45, 7) is 4.42. The molecule has 0 aromatic carbocycles. The van der Waals surface area contributed by atoms with Gasteiger partial charge in [-0.1, -0.05) is 19.9 Å². The molecule has 5 nitrogen and oxygen atoms in total. The van der Waals surface area contributed by atoms with E-state index in [-0.39, 0.29) is 23.2 Å². The lowest BCUT2D eigenvalue weighted by atomic mass is 9.74. The normalized spacial score (nSPS) is 23.0. The number of anilines is 1. The standard InChI is InChI=1S/C18H21FN4OS/c1-12-7-14(19)9-18(2,8-12)11-21-16(24)23-17-22-15(10-25-17)13-3-5-20-6-4-13/h3-7,10,12H,8-9,11H2,1-2H3,(H2,21,22,23,24). The fourth-order valence-electron chi connectivity index (χ4n) is 3.24. The van der Waals surface area contributed by atoms with E-state index in [2.05, 4.69) is 20.6 Å². The molecule has 0 bridgehead atoms. The smallest absolute Gasteiger partial charge is 0.321 e. The molecule has 2 aromatic heterocycles. The van der Waals surface area contributed by atoms with E-state index < -0.39 is 0 Å². The van der Waals surface area contributed by atoms with Gasteiger partial charge in [-0.05, 0) is 29.9 Å². The third-order valence-electron chi connectivity index (χ3n) is 4.25. The van der Waals surface area contributed by atoms with Crippen LogP contribution < -0.4 is 10.6 Å². The molecule has 132 valence electrons. The minimum atomic E-state index is -0.320. The number of urea groups is 1. The van der Waals surface area contributed by atoms with E-state index in [0.717, 1.165) is 17.7 Å². The molecule has 2 aromatic rings. The number of amides is 2. The van der Waals surface area contributed by atoms with Crippen molar-refractivity contribution in [1.29, 1.82) is 0 Å². The van der Waals surface area contributed by atoms with E-state index in [1.165, 1.54) is 11.3 Å². The van der Waals surface area contributed by atoms with Gasteiger partial charge in [-0.2, -0.15) is 0 Å². The van der Waals surface area contributed by atoms with Gasteiger partial charge in [0.1, 0.15) is 0 Å². The average Bonchev–Trinajstić information content (AvgIpc) is 3.01. The summed E-state index contributed by atoms with van der Waals surface area (Å²) in [5.74, 6) is 0.0934. The van der Waals surface area contributed by atoms with Crippen molar-refractivity contribution < 1.29 is 9.18 Å². The van der Waals surface area contributed by atoms with Crippen molar-refractivity contribution in [1.82, 2.24) is 15.3 Å². The lowest BCUT2D eigenvalue weighted by Crippen LogP contribution is -2.40. The number of nitrogens with one attached hydrogen (secondary N) is 2. The number of carbonyl (C=O) groups excluding carboxylic acids is 1. The zero-order valence-electron chi connectivity index (χ0n) is 14.3. The van der Waals surface area contributed by atoms with Gasteiger partial charge in [-0.3, -0.25) is 10.3 Å². The van der Waals surface area contributed by atoms with Crippen LogP contribution in [0.3, 0.4) is 0 Å². The van der Waals surface area contributed by atoms with Crippen molar-refractivity contribution in [3.8, 4) is 11.3 Å². The fourth-order valence-corrected chi connectivity index (χ4v) is 3.95. The van der Waals surface area contributed by atoms with Crippen LogP contribution in [0.5, 0.6) is 0 Å². The summed E-state index contributed by atoms with van der Waals surface area (Å²) in [5, 5.41) is 8.00. The molecule has 1 aliphatic rings. The van der Waals surface area contributed by atoms with Crippen molar-refractivity contribution in [3.63, 3.8) is 0 Å². The second kappa shape index (κ2) is 7.31. The van der Waals surface area contributed by atoms with Crippen LogP contribution >= 0.6 is 11.3 Å². The average molecular weight is 360 g/mol. The molecular weight excluding hydrogens is 339 g/mol. The quantitative estimate of drug-likeness (QED) is 0.836. The molecule has 2 N–H and O–H groups in total. The Bertz CT molecular complexity index is 776. The van der Waals surface area contributed by atoms with Gasteiger partial charge >= 0.3 is 6.03 Å². The van der Waals surface area contributed by atoms with Crippen LogP contribution in [0.25, 0.3) is 11.3 Å². The lowest BCUT2D eigenvalue weighted by molar-refractivity contribution is 0.211. The van der Waals surface area contributed by atoms with Crippen molar-refractivity contribution >= 4 is 22.5 Å². The monoisotopic (exact) mass is 360 g/mol. The van der Waals surface area contributed by atoms with Gasteiger partial charge in [0.2, 0.25) is 0 Å². The Kier molecular flexibility index (Phi) is 5.13. The lowest BCUT2D eigenvalue weighted by Gasteiger charge is -2.34. The number of hydrogen-bond acceptors (Lipinski definition) is 4. The molecule has 0 spiro atoms. The molecule has 0 radical (unpaired) electrons. The van der Waals surface area contributed by atoms with Gasteiger partial charge in [0.15, 0.2) is 5.13 Å². The topological polar surface area (TPSA) is 66.9 Å². The first-order chi connectivity index (χ1) is 11.9. The zero-order chi connectivity index (χ0) is 17.9. The Morgan fingerprint density at radius 2 is 2.20 bits per heavy atom. The van der Waals surface area contributed by atoms with Crippen LogP contribution in [0.1, 0.15) is 26.7 Å². The van der Waals surface area contributed by atoms with E-state index in [9.17, 15) is 9.18 Å². The summed E-state index contributed by atoms with van der Waals surface area (Å²) in [6, 6.07) is 3.41. The van der Waals surface area contributed by atoms with Crippen LogP contribution in [0.2, 0.25) is 0 Å². The number of aromatic nitrogens is 2. The van der Waals surface area contributed by atoms with Gasteiger partial charge < -0.3 is 5.32 Å². The number of allylic oxidation sites excluding steroid dienone is 2. The molecule has 2 heterocycles. The highest BCUT2D eigenvalue weighted by atomic mass is 32.1. The fraction of sp³-hybridized carbons (Fsp3) is 0.389. The zero-order valence-corrected chi connectivity index (χ0v) is 15.1. The molecule has 0 saturated carbocycles. The highest BCUT2D eigenvalue weighted by Crippen LogP contribution is 2.38. The van der Waals surface area contributed by atoms with Crippen molar-refractivity contribution in [3.05, 3.63) is 41.8 Å². The van der Waals surface area contributed by atoms with E-state index in [4.69, 9.17) is 0 Å². The number of halogens is 1. The first-order valence-electron chi connectivity index (χ1n) is 8.20. The molecular formula is C18H21FN4OS. The molecule has 0 fully saturated rings. The molecule has 2 unspecified atom stereocenters. The Hall–Kier alpha value is -2.28. The van der Waals surface area contributed by atoms with Crippen LogP contribution in [0, 0.1) is 11.3 Å². The maximum atomic E-state index is 13.7. The SMILES string of the molecule is CC1C=C(F)CC(C)(CNC(=O)Nc2nc(-c3ccncc3)cs2)C1. The van der Waals surface area contributed by atoms with Gasteiger partial charge in [-0.15, -0.1) is 11.3 Å². The van der Waals surface area contributed by atoms with E-state index in [1.807, 2.05) is 31.4 Å². The number of hydrogen-bond donors (Lipinski definition) is 2. The minimum Gasteiger partial charge on any atom is -0.337 e. The molecule has 25 heavy (non-hydrogen) atoms. The largest absolute Gasteiger partial charge is 0.337 e. The second-order valence-electron chi connectivity index (χ2n) is 6.86. The first kappa shape index (κ1) is 17.5. The number of carbonyl (C=O) groups is 1. The van der Waals surface area contributed by atoms with Gasteiger partial charge in [-0.25, -0.2) is 14.2 Å². The highest BCUT2D eigenvalue weighted by molar-refractivity contribution is 7.14. The molecule has 2 amide bonds. The Morgan fingerprint density at radius 1 is 1.44 bits per heavy atom. The summed E-state index contributed by atoms with van der Waals surface area (Å²) in [6.07, 6.45) is 6.28. The predicted octanol–water partition coefficient (Wildman–Crippen LogP) is 4.62. The van der Waals surface area contributed by atoms with Gasteiger partial charge in [0.25, 0.3) is 0 Å². The minimum absolute atomic E-state index is 0.0922. The van der Waals surface area contributed by atoms with Crippen LogP contribution in [-0.2, 0) is 0 Å². The number of rotatable bonds is 4. The summed E-state index contributed by atoms with van der Waals surface area (Å²) in [5.41, 5.74) is 1.48. The van der Waals surface area contributed by atoms with Crippen LogP contribution in [0.4, 0.5) is 14.3 Å². The predicted molar refractivity (Wildman–Crippen MR) is 98.1 cm³/mol. The number of nitrogens with zero attached hydrogens (tertiary/aromatic N) is 2. The summed E-state index contributed by atoms with van der Waals surface area (Å²) in [4.78, 5) is 20.5. The van der Waals surface area contributed by atoms with Crippen molar-refractivity contribution in [2.75, 3.05) is 11.9 Å². The van der Waals surface area contributed by atoms with Crippen molar-refractivity contribution in [2.24, 2.45) is 11.3 Å². The van der Waals surface area contributed by atoms with Gasteiger partial charge in [0, 0.05) is 36.3 Å². The van der Waals surface area contributed by atoms with Crippen LogP contribution in [0.15, 0.2) is 41.8 Å². The number of pyridine rings is 1. The Labute approximate surface area is 150 Å². The Morgan fingerprint density at radius 3 is 2.92 bits per heavy atom. The third-order valence-corrected chi connectivity index (χ3v) is 5.01. The Balaban J connectivity index is 1.55. The number of thiazole rings is 1. The molecule has 7 heteroatoms. The third kappa shape index (κ3) is 4.63. The van der Waals surface area contributed by atoms with E-state index >= 15 is 0 Å². The first-order valence-corrected chi connectivity index (χ1v) is 9.08. The van der Waals surface area contributed by atoms with E-state index in [1.54, 1.807) is 18.5 Å². The van der Waals surface area contributed by atoms with Crippen LogP contribution in [-0.4, -0.2) is 22.5 Å².